The third-order valence-corrected chi connectivity index (χ3v) is 9.41. The van der Waals surface area contributed by atoms with Crippen LogP contribution >= 0.6 is 39.1 Å². The van der Waals surface area contributed by atoms with Crippen LogP contribution in [0.5, 0.6) is 0 Å². The van der Waals surface area contributed by atoms with E-state index in [0.717, 1.165) is 60.8 Å². The number of hydrogen-bond donors (Lipinski definition) is 2. The van der Waals surface area contributed by atoms with E-state index in [2.05, 4.69) is 36.0 Å². The van der Waals surface area contributed by atoms with Crippen LogP contribution in [0.15, 0.2) is 28.9 Å². The molecule has 10 heteroatoms. The van der Waals surface area contributed by atoms with Gasteiger partial charge in [-0.05, 0) is 91.5 Å². The molecule has 3 fully saturated rings. The van der Waals surface area contributed by atoms with Crippen molar-refractivity contribution in [1.29, 1.82) is 0 Å². The van der Waals surface area contributed by atoms with Crippen LogP contribution in [-0.2, 0) is 4.79 Å². The molecular formula is C26H32BrCl2N5O2. The average Bonchev–Trinajstić information content (AvgIpc) is 2.78. The Morgan fingerprint density at radius 3 is 2.69 bits per heavy atom. The predicted molar refractivity (Wildman–Crippen MR) is 147 cm³/mol. The maximum absolute atomic E-state index is 11.5. The van der Waals surface area contributed by atoms with Crippen molar-refractivity contribution in [2.24, 2.45) is 17.3 Å². The van der Waals surface area contributed by atoms with Gasteiger partial charge in [0, 0.05) is 41.9 Å². The van der Waals surface area contributed by atoms with Crippen LogP contribution in [0, 0.1) is 17.3 Å². The van der Waals surface area contributed by atoms with Gasteiger partial charge in [-0.25, -0.2) is 4.98 Å². The van der Waals surface area contributed by atoms with Gasteiger partial charge < -0.3 is 20.2 Å². The summed E-state index contributed by atoms with van der Waals surface area (Å²) >= 11 is 16.0. The van der Waals surface area contributed by atoms with Crippen LogP contribution in [0.2, 0.25) is 10.0 Å². The van der Waals surface area contributed by atoms with E-state index < -0.39 is 11.4 Å². The molecule has 2 aromatic rings. The second-order valence-electron chi connectivity index (χ2n) is 10.9. The third kappa shape index (κ3) is 5.19. The Balaban J connectivity index is 1.17. The number of halogens is 3. The van der Waals surface area contributed by atoms with E-state index in [9.17, 15) is 9.90 Å². The number of rotatable bonds is 7. The molecule has 36 heavy (non-hydrogen) atoms. The summed E-state index contributed by atoms with van der Waals surface area (Å²) in [6.07, 6.45) is 5.77. The Morgan fingerprint density at radius 1 is 1.25 bits per heavy atom. The summed E-state index contributed by atoms with van der Waals surface area (Å²) in [6.45, 7) is 7.99. The normalized spacial score (nSPS) is 27.8. The average molecular weight is 597 g/mol. The molecule has 0 bridgehead atoms. The molecule has 0 spiro atoms. The number of carboxylic acids is 1. The van der Waals surface area contributed by atoms with Crippen molar-refractivity contribution in [3.8, 4) is 0 Å². The van der Waals surface area contributed by atoms with E-state index >= 15 is 0 Å². The fraction of sp³-hybridized carbons (Fsp3) is 0.577. The number of carboxylic acid groups (broad SMARTS) is 1. The molecule has 2 aliphatic heterocycles. The lowest BCUT2D eigenvalue weighted by molar-refractivity contribution is -0.158. The standard InChI is InChI=1S/C26H32BrCl2N5O2/c1-15(20-6-5-18(28)8-22(20)29)31-23-21(27)11-30-25(32-23)34-13-17(14-34)16-4-3-7-33(12-16)19-9-26(2,10-19)24(35)36/h5-6,8,11,15-17,19H,3-4,7,9-10,12-14H2,1-2H3,(H,35,36)(H,30,31,32). The Hall–Kier alpha value is -1.61. The Bertz CT molecular complexity index is 1140. The van der Waals surface area contributed by atoms with Gasteiger partial charge in [-0.1, -0.05) is 29.3 Å². The van der Waals surface area contributed by atoms with Crippen molar-refractivity contribution in [3.63, 3.8) is 0 Å². The molecule has 2 N–H and O–H groups in total. The highest BCUT2D eigenvalue weighted by Gasteiger charge is 2.49. The van der Waals surface area contributed by atoms with Gasteiger partial charge in [-0.15, -0.1) is 0 Å². The monoisotopic (exact) mass is 595 g/mol. The molecule has 1 saturated carbocycles. The SMILES string of the molecule is CC(Nc1nc(N2CC(C3CCCN(C4CC(C)(C(=O)O)C4)C3)C2)ncc1Br)c1ccc(Cl)cc1Cl. The number of piperidine rings is 1. The minimum absolute atomic E-state index is 0.0549. The molecule has 1 aromatic carbocycles. The van der Waals surface area contributed by atoms with E-state index in [4.69, 9.17) is 28.2 Å². The number of anilines is 2. The molecule has 2 atom stereocenters. The quantitative estimate of drug-likeness (QED) is 0.398. The number of aliphatic carboxylic acids is 1. The van der Waals surface area contributed by atoms with Gasteiger partial charge in [0.05, 0.1) is 15.9 Å². The maximum Gasteiger partial charge on any atom is 0.309 e. The lowest BCUT2D eigenvalue weighted by Crippen LogP contribution is -2.58. The third-order valence-electron chi connectivity index (χ3n) is 8.27. The number of nitrogens with zero attached hydrogens (tertiary/aromatic N) is 4. The molecule has 3 heterocycles. The van der Waals surface area contributed by atoms with Gasteiger partial charge in [-0.2, -0.15) is 4.98 Å². The zero-order chi connectivity index (χ0) is 25.6. The summed E-state index contributed by atoms with van der Waals surface area (Å²) in [6, 6.07) is 5.88. The zero-order valence-corrected chi connectivity index (χ0v) is 23.7. The van der Waals surface area contributed by atoms with Gasteiger partial charge in [0.15, 0.2) is 0 Å². The van der Waals surface area contributed by atoms with Gasteiger partial charge in [-0.3, -0.25) is 4.79 Å². The minimum atomic E-state index is -0.657. The highest BCUT2D eigenvalue weighted by Crippen LogP contribution is 2.45. The first-order chi connectivity index (χ1) is 17.1. The fourth-order valence-electron chi connectivity index (χ4n) is 5.89. The van der Waals surface area contributed by atoms with Crippen molar-refractivity contribution >= 4 is 56.9 Å². The molecule has 5 rings (SSSR count). The first-order valence-corrected chi connectivity index (χ1v) is 14.1. The fourth-order valence-corrected chi connectivity index (χ4v) is 6.77. The summed E-state index contributed by atoms with van der Waals surface area (Å²) in [5.41, 5.74) is 0.417. The molecule has 2 saturated heterocycles. The van der Waals surface area contributed by atoms with E-state index in [1.165, 1.54) is 12.8 Å². The molecule has 0 amide bonds. The molecule has 1 aliphatic carbocycles. The highest BCUT2D eigenvalue weighted by molar-refractivity contribution is 9.10. The molecular weight excluding hydrogens is 565 g/mol. The Morgan fingerprint density at radius 2 is 2.00 bits per heavy atom. The zero-order valence-electron chi connectivity index (χ0n) is 20.6. The number of benzene rings is 1. The molecule has 194 valence electrons. The smallest absolute Gasteiger partial charge is 0.309 e. The first kappa shape index (κ1) is 26.0. The Kier molecular flexibility index (Phi) is 7.42. The van der Waals surface area contributed by atoms with Gasteiger partial charge >= 0.3 is 5.97 Å². The van der Waals surface area contributed by atoms with E-state index in [1.807, 2.05) is 26.0 Å². The van der Waals surface area contributed by atoms with E-state index in [1.54, 1.807) is 12.3 Å². The van der Waals surface area contributed by atoms with Gasteiger partial charge in [0.2, 0.25) is 5.95 Å². The van der Waals surface area contributed by atoms with Crippen LogP contribution in [0.25, 0.3) is 0 Å². The number of hydrogen-bond acceptors (Lipinski definition) is 6. The van der Waals surface area contributed by atoms with E-state index in [-0.39, 0.29) is 6.04 Å². The predicted octanol–water partition coefficient (Wildman–Crippen LogP) is 6.12. The van der Waals surface area contributed by atoms with Crippen LogP contribution < -0.4 is 10.2 Å². The van der Waals surface area contributed by atoms with Crippen molar-refractivity contribution in [3.05, 3.63) is 44.5 Å². The molecule has 2 unspecified atom stereocenters. The lowest BCUT2D eigenvalue weighted by Gasteiger charge is -2.52. The van der Waals surface area contributed by atoms with Gasteiger partial charge in [0.25, 0.3) is 0 Å². The van der Waals surface area contributed by atoms with Crippen LogP contribution in [0.1, 0.15) is 51.1 Å². The largest absolute Gasteiger partial charge is 0.481 e. The van der Waals surface area contributed by atoms with Crippen molar-refractivity contribution in [2.45, 2.75) is 51.6 Å². The van der Waals surface area contributed by atoms with E-state index in [0.29, 0.717) is 27.9 Å². The molecule has 0 radical (unpaired) electrons. The first-order valence-electron chi connectivity index (χ1n) is 12.6. The number of aromatic nitrogens is 2. The summed E-state index contributed by atoms with van der Waals surface area (Å²) in [5.74, 6) is 2.07. The maximum atomic E-state index is 11.5. The summed E-state index contributed by atoms with van der Waals surface area (Å²) in [7, 11) is 0. The van der Waals surface area contributed by atoms with Gasteiger partial charge in [0.1, 0.15) is 5.82 Å². The van der Waals surface area contributed by atoms with Crippen LogP contribution in [-0.4, -0.2) is 58.2 Å². The number of nitrogens with one attached hydrogen (secondary N) is 1. The minimum Gasteiger partial charge on any atom is -0.481 e. The van der Waals surface area contributed by atoms with Crippen molar-refractivity contribution in [1.82, 2.24) is 14.9 Å². The summed E-state index contributed by atoms with van der Waals surface area (Å²) in [5, 5.41) is 14.1. The number of likely N-dealkylation sites (tertiary alicyclic amines) is 1. The Labute approximate surface area is 230 Å². The lowest BCUT2D eigenvalue weighted by atomic mass is 9.65. The number of carbonyl (C=O) groups is 1. The van der Waals surface area contributed by atoms with Crippen molar-refractivity contribution in [2.75, 3.05) is 36.4 Å². The molecule has 7 nitrogen and oxygen atoms in total. The van der Waals surface area contributed by atoms with Crippen LogP contribution in [0.4, 0.5) is 11.8 Å². The molecule has 3 aliphatic rings. The second kappa shape index (κ2) is 10.3. The van der Waals surface area contributed by atoms with Crippen molar-refractivity contribution < 1.29 is 9.90 Å². The summed E-state index contributed by atoms with van der Waals surface area (Å²) in [4.78, 5) is 25.6. The summed E-state index contributed by atoms with van der Waals surface area (Å²) < 4.78 is 0.803. The second-order valence-corrected chi connectivity index (χ2v) is 12.6. The highest BCUT2D eigenvalue weighted by atomic mass is 79.9. The molecule has 1 aromatic heterocycles. The van der Waals surface area contributed by atoms with Crippen LogP contribution in [0.3, 0.4) is 0 Å². The topological polar surface area (TPSA) is 81.6 Å².